The Morgan fingerprint density at radius 3 is 1.33 bits per heavy atom. The van der Waals surface area contributed by atoms with Crippen LogP contribution < -0.4 is 0 Å². The van der Waals surface area contributed by atoms with E-state index in [4.69, 9.17) is 23.7 Å². The Morgan fingerprint density at radius 2 is 0.863 bits per heavy atom. The summed E-state index contributed by atoms with van der Waals surface area (Å²) in [5.74, 6) is -3.13. The van der Waals surface area contributed by atoms with Gasteiger partial charge in [-0.25, -0.2) is 4.79 Å². The third-order valence-electron chi connectivity index (χ3n) is 13.4. The molecule has 0 spiro atoms. The van der Waals surface area contributed by atoms with Crippen molar-refractivity contribution in [2.45, 2.75) is 302 Å². The minimum absolute atomic E-state index is 0.0601. The Morgan fingerprint density at radius 1 is 0.466 bits per heavy atom. The molecule has 0 saturated carbocycles. The second-order valence-electron chi connectivity index (χ2n) is 20.3. The number of ether oxygens (including phenoxy) is 5. The number of allylic oxidation sites excluding steroid dienone is 8. The lowest BCUT2D eigenvalue weighted by molar-refractivity contribution is -0.301. The SMILES string of the molecule is CC/C=C\C/C=C\C/C=C\CCCCCCCC(=O)OC(COC(=O)CCCCCCCCCCC/C=C\CCCCCCCC)COC1OC(C(=O)O)C(O)C(O)C1OC(=O)CCCCCCCCCCC. The number of carbonyl (C=O) groups excluding carboxylic acids is 3. The maximum absolute atomic E-state index is 13.1. The molecule has 1 aliphatic rings. The highest BCUT2D eigenvalue weighted by Crippen LogP contribution is 2.26. The van der Waals surface area contributed by atoms with Gasteiger partial charge in [0.15, 0.2) is 24.6 Å². The summed E-state index contributed by atoms with van der Waals surface area (Å²) >= 11 is 0. The van der Waals surface area contributed by atoms with E-state index in [1.807, 2.05) is 0 Å². The molecule has 1 fully saturated rings. The first-order valence-electron chi connectivity index (χ1n) is 29.6. The standard InChI is InChI=1S/C61H106O12/c1-4-7-10-13-16-19-21-23-25-26-27-28-30-31-33-36-38-41-44-47-53(62)69-50-52(71-54(63)48-45-42-40-37-34-32-29-24-22-20-17-14-11-8-5-2)51-70-61-59(57(66)56(65)58(73-61)60(67)68)72-55(64)49-46-43-39-35-18-15-12-9-6-3/h8,11,17,20,23-25,29,52,56-59,61,65-66H,4-7,9-10,12-16,18-19,21-22,26-28,30-51H2,1-3H3,(H,67,68)/b11-8-,20-17-,25-23-,29-24-. The monoisotopic (exact) mass is 1030 g/mol. The number of aliphatic hydroxyl groups excluding tert-OH is 2. The van der Waals surface area contributed by atoms with Crippen LogP contribution >= 0.6 is 0 Å². The fraction of sp³-hybridized carbons (Fsp3) is 0.803. The number of aliphatic hydroxyl groups is 2. The van der Waals surface area contributed by atoms with Crippen LogP contribution in [0, 0.1) is 0 Å². The lowest BCUT2D eigenvalue weighted by atomic mass is 9.98. The van der Waals surface area contributed by atoms with Crippen molar-refractivity contribution in [3.63, 3.8) is 0 Å². The van der Waals surface area contributed by atoms with E-state index in [1.54, 1.807) is 0 Å². The highest BCUT2D eigenvalue weighted by Gasteiger charge is 2.50. The molecule has 0 aromatic carbocycles. The Hall–Kier alpha value is -3.32. The molecule has 6 unspecified atom stereocenters. The van der Waals surface area contributed by atoms with Crippen molar-refractivity contribution in [2.24, 2.45) is 0 Å². The molecule has 0 amide bonds. The van der Waals surface area contributed by atoms with Gasteiger partial charge < -0.3 is 39.0 Å². The highest BCUT2D eigenvalue weighted by molar-refractivity contribution is 5.74. The average Bonchev–Trinajstić information content (AvgIpc) is 3.37. The van der Waals surface area contributed by atoms with Crippen molar-refractivity contribution in [1.82, 2.24) is 0 Å². The molecule has 73 heavy (non-hydrogen) atoms. The van der Waals surface area contributed by atoms with Gasteiger partial charge in [-0.15, -0.1) is 0 Å². The summed E-state index contributed by atoms with van der Waals surface area (Å²) in [6, 6.07) is 0. The van der Waals surface area contributed by atoms with Gasteiger partial charge in [-0.3, -0.25) is 14.4 Å². The van der Waals surface area contributed by atoms with E-state index in [2.05, 4.69) is 69.4 Å². The Bertz CT molecular complexity index is 1460. The second-order valence-corrected chi connectivity index (χ2v) is 20.3. The molecule has 12 heteroatoms. The summed E-state index contributed by atoms with van der Waals surface area (Å²) in [5, 5.41) is 31.4. The average molecular weight is 1030 g/mol. The lowest BCUT2D eigenvalue weighted by Crippen LogP contribution is -2.61. The smallest absolute Gasteiger partial charge is 0.335 e. The molecule has 0 radical (unpaired) electrons. The van der Waals surface area contributed by atoms with Gasteiger partial charge in [0.25, 0.3) is 0 Å². The largest absolute Gasteiger partial charge is 0.479 e. The van der Waals surface area contributed by atoms with Crippen molar-refractivity contribution in [2.75, 3.05) is 13.2 Å². The summed E-state index contributed by atoms with van der Waals surface area (Å²) in [7, 11) is 0. The second kappa shape index (κ2) is 49.6. The molecule has 6 atom stereocenters. The van der Waals surface area contributed by atoms with Gasteiger partial charge in [0.2, 0.25) is 0 Å². The number of hydrogen-bond acceptors (Lipinski definition) is 11. The molecule has 1 aliphatic heterocycles. The molecular weight excluding hydrogens is 925 g/mol. The zero-order chi connectivity index (χ0) is 53.3. The maximum atomic E-state index is 13.1. The van der Waals surface area contributed by atoms with Crippen molar-refractivity contribution in [3.05, 3.63) is 48.6 Å². The molecule has 0 aromatic heterocycles. The minimum atomic E-state index is -1.90. The molecule has 0 aromatic rings. The summed E-state index contributed by atoms with van der Waals surface area (Å²) in [6.07, 6.45) is 46.7. The number of hydrogen-bond donors (Lipinski definition) is 3. The van der Waals surface area contributed by atoms with Crippen LogP contribution in [-0.4, -0.2) is 89.2 Å². The summed E-state index contributed by atoms with van der Waals surface area (Å²) in [6.45, 7) is 5.84. The van der Waals surface area contributed by atoms with Gasteiger partial charge in [0, 0.05) is 19.3 Å². The first kappa shape index (κ1) is 67.7. The van der Waals surface area contributed by atoms with E-state index >= 15 is 0 Å². The van der Waals surface area contributed by atoms with Gasteiger partial charge in [-0.2, -0.15) is 0 Å². The molecular formula is C61H106O12. The molecule has 0 aliphatic carbocycles. The topological polar surface area (TPSA) is 175 Å². The van der Waals surface area contributed by atoms with E-state index < -0.39 is 67.3 Å². The molecule has 422 valence electrons. The van der Waals surface area contributed by atoms with Crippen LogP contribution in [0.2, 0.25) is 0 Å². The van der Waals surface area contributed by atoms with E-state index in [0.29, 0.717) is 19.3 Å². The van der Waals surface area contributed by atoms with Crippen LogP contribution in [0.1, 0.15) is 265 Å². The van der Waals surface area contributed by atoms with Crippen LogP contribution in [0.25, 0.3) is 0 Å². The molecule has 1 rings (SSSR count). The van der Waals surface area contributed by atoms with Crippen LogP contribution in [0.3, 0.4) is 0 Å². The summed E-state index contributed by atoms with van der Waals surface area (Å²) in [5.41, 5.74) is 0. The lowest BCUT2D eigenvalue weighted by Gasteiger charge is -2.40. The number of aliphatic carboxylic acids is 1. The minimum Gasteiger partial charge on any atom is -0.479 e. The highest BCUT2D eigenvalue weighted by atomic mass is 16.7. The fourth-order valence-electron chi connectivity index (χ4n) is 8.85. The first-order valence-corrected chi connectivity index (χ1v) is 29.6. The van der Waals surface area contributed by atoms with Crippen molar-refractivity contribution < 1.29 is 58.2 Å². The van der Waals surface area contributed by atoms with E-state index in [0.717, 1.165) is 96.3 Å². The van der Waals surface area contributed by atoms with Crippen LogP contribution in [0.4, 0.5) is 0 Å². The third-order valence-corrected chi connectivity index (χ3v) is 13.4. The predicted octanol–water partition coefficient (Wildman–Crippen LogP) is 15.0. The van der Waals surface area contributed by atoms with Gasteiger partial charge in [-0.1, -0.05) is 217 Å². The number of rotatable bonds is 50. The van der Waals surface area contributed by atoms with Crippen molar-refractivity contribution in [3.8, 4) is 0 Å². The van der Waals surface area contributed by atoms with Crippen molar-refractivity contribution >= 4 is 23.9 Å². The van der Waals surface area contributed by atoms with Crippen LogP contribution in [0.15, 0.2) is 48.6 Å². The number of unbranched alkanes of at least 4 members (excludes halogenated alkanes) is 28. The molecule has 1 saturated heterocycles. The van der Waals surface area contributed by atoms with Gasteiger partial charge >= 0.3 is 23.9 Å². The summed E-state index contributed by atoms with van der Waals surface area (Å²) in [4.78, 5) is 51.0. The summed E-state index contributed by atoms with van der Waals surface area (Å²) < 4.78 is 28.4. The molecule has 0 bridgehead atoms. The predicted molar refractivity (Wildman–Crippen MR) is 294 cm³/mol. The number of carboxylic acid groups (broad SMARTS) is 1. The van der Waals surface area contributed by atoms with Crippen molar-refractivity contribution in [1.29, 1.82) is 0 Å². The normalized spacial score (nSPS) is 18.6. The zero-order valence-electron chi connectivity index (χ0n) is 46.4. The zero-order valence-corrected chi connectivity index (χ0v) is 46.4. The Kier molecular flexibility index (Phi) is 45.9. The van der Waals surface area contributed by atoms with Gasteiger partial charge in [-0.05, 0) is 77.0 Å². The Labute approximate surface area is 443 Å². The quantitative estimate of drug-likeness (QED) is 0.0228. The van der Waals surface area contributed by atoms with E-state index in [9.17, 15) is 34.5 Å². The van der Waals surface area contributed by atoms with E-state index in [1.165, 1.54) is 109 Å². The van der Waals surface area contributed by atoms with Crippen LogP contribution in [-0.2, 0) is 42.9 Å². The number of esters is 3. The first-order chi connectivity index (χ1) is 35.6. The Balaban J connectivity index is 2.66. The van der Waals surface area contributed by atoms with Gasteiger partial charge in [0.1, 0.15) is 18.8 Å². The number of carbonyl (C=O) groups is 4. The van der Waals surface area contributed by atoms with E-state index in [-0.39, 0.29) is 25.9 Å². The fourth-order valence-corrected chi connectivity index (χ4v) is 8.85. The molecule has 1 heterocycles. The third kappa shape index (κ3) is 39.7. The number of carboxylic acids is 1. The maximum Gasteiger partial charge on any atom is 0.335 e. The van der Waals surface area contributed by atoms with Gasteiger partial charge in [0.05, 0.1) is 6.61 Å². The molecule has 3 N–H and O–H groups in total. The molecule has 12 nitrogen and oxygen atoms in total. The van der Waals surface area contributed by atoms with Crippen LogP contribution in [0.5, 0.6) is 0 Å².